The molecule has 92 valence electrons. The monoisotopic (exact) mass is 230 g/mol. The molecule has 2 rings (SSSR count). The molecule has 17 heavy (non-hydrogen) atoms. The second kappa shape index (κ2) is 7.66. The van der Waals surface area contributed by atoms with Crippen LogP contribution >= 0.6 is 0 Å². The zero-order chi connectivity index (χ0) is 12.5. The van der Waals surface area contributed by atoms with Gasteiger partial charge in [-0.05, 0) is 26.7 Å². The molecule has 1 aromatic heterocycles. The van der Waals surface area contributed by atoms with Crippen LogP contribution in [0.1, 0.15) is 36.8 Å². The molecule has 0 fully saturated rings. The van der Waals surface area contributed by atoms with Gasteiger partial charge in [-0.2, -0.15) is 0 Å². The Labute approximate surface area is 104 Å². The second-order valence-electron chi connectivity index (χ2n) is 4.25. The summed E-state index contributed by atoms with van der Waals surface area (Å²) in [6.07, 6.45) is 5.56. The van der Waals surface area contributed by atoms with Crippen molar-refractivity contribution in [1.29, 1.82) is 0 Å². The molecule has 0 aliphatic heterocycles. The lowest BCUT2D eigenvalue weighted by Gasteiger charge is -1.91. The van der Waals surface area contributed by atoms with E-state index in [0.717, 1.165) is 12.2 Å². The fraction of sp³-hybridized carbons (Fsp3) is 0.400. The van der Waals surface area contributed by atoms with Gasteiger partial charge in [0.2, 0.25) is 0 Å². The predicted octanol–water partition coefficient (Wildman–Crippen LogP) is 4.06. The average molecular weight is 230 g/mol. The summed E-state index contributed by atoms with van der Waals surface area (Å²) in [5, 5.41) is 0. The van der Waals surface area contributed by atoms with Gasteiger partial charge in [-0.1, -0.05) is 49.2 Å². The number of hydrogen-bond acceptors (Lipinski definition) is 1. The Morgan fingerprint density at radius 3 is 2.24 bits per heavy atom. The van der Waals surface area contributed by atoms with E-state index in [1.54, 1.807) is 0 Å². The summed E-state index contributed by atoms with van der Waals surface area (Å²) in [6.45, 7) is 6.26. The molecular weight excluding hydrogens is 208 g/mol. The van der Waals surface area contributed by atoms with E-state index in [1.165, 1.54) is 24.1 Å². The van der Waals surface area contributed by atoms with E-state index in [1.807, 2.05) is 31.3 Å². The number of nitrogens with one attached hydrogen (secondary N) is 1. The van der Waals surface area contributed by atoms with Crippen molar-refractivity contribution in [1.82, 2.24) is 9.97 Å². The first-order valence-electron chi connectivity index (χ1n) is 6.24. The Balaban J connectivity index is 0.000000181. The molecule has 0 aliphatic carbocycles. The lowest BCUT2D eigenvalue weighted by Crippen LogP contribution is -1.83. The Hall–Kier alpha value is -1.57. The number of aromatic nitrogens is 2. The molecule has 0 atom stereocenters. The molecule has 1 N–H and O–H groups in total. The summed E-state index contributed by atoms with van der Waals surface area (Å²) in [5.74, 6) is 1.02. The summed E-state index contributed by atoms with van der Waals surface area (Å²) in [7, 11) is 0. The molecule has 0 amide bonds. The summed E-state index contributed by atoms with van der Waals surface area (Å²) < 4.78 is 0. The molecular formula is C15H22N2. The van der Waals surface area contributed by atoms with E-state index in [0.29, 0.717) is 0 Å². The molecule has 0 saturated carbocycles. The maximum atomic E-state index is 4.11. The fourth-order valence-corrected chi connectivity index (χ4v) is 1.50. The number of H-pyrrole nitrogens is 1. The van der Waals surface area contributed by atoms with Gasteiger partial charge in [0.25, 0.3) is 0 Å². The number of benzene rings is 1. The van der Waals surface area contributed by atoms with Crippen LogP contribution in [0.4, 0.5) is 0 Å². The minimum Gasteiger partial charge on any atom is -0.346 e. The van der Waals surface area contributed by atoms with E-state index < -0.39 is 0 Å². The van der Waals surface area contributed by atoms with Crippen molar-refractivity contribution >= 4 is 0 Å². The molecule has 1 aromatic carbocycles. The summed E-state index contributed by atoms with van der Waals surface area (Å²) in [4.78, 5) is 7.31. The number of aryl methyl sites for hydroxylation is 3. The minimum atomic E-state index is 1.02. The molecule has 0 radical (unpaired) electrons. The average Bonchev–Trinajstić information content (AvgIpc) is 2.74. The van der Waals surface area contributed by atoms with Gasteiger partial charge in [0.1, 0.15) is 5.82 Å². The van der Waals surface area contributed by atoms with Crippen LogP contribution in [0.25, 0.3) is 0 Å². The van der Waals surface area contributed by atoms with Gasteiger partial charge in [0.05, 0.1) is 0 Å². The molecule has 2 aromatic rings. The third-order valence-electron chi connectivity index (χ3n) is 2.50. The van der Waals surface area contributed by atoms with Crippen molar-refractivity contribution in [3.63, 3.8) is 0 Å². The molecule has 2 nitrogen and oxygen atoms in total. The van der Waals surface area contributed by atoms with Crippen molar-refractivity contribution in [2.75, 3.05) is 0 Å². The predicted molar refractivity (Wildman–Crippen MR) is 73.1 cm³/mol. The maximum absolute atomic E-state index is 4.11. The van der Waals surface area contributed by atoms with Crippen LogP contribution in [-0.4, -0.2) is 9.97 Å². The maximum Gasteiger partial charge on any atom is 0.103 e. The van der Waals surface area contributed by atoms with Crippen molar-refractivity contribution in [3.8, 4) is 0 Å². The number of unbranched alkanes of at least 4 members (excludes halogenated alkanes) is 1. The molecule has 1 heterocycles. The van der Waals surface area contributed by atoms with Crippen LogP contribution in [0.2, 0.25) is 0 Å². The van der Waals surface area contributed by atoms with Crippen LogP contribution in [0, 0.1) is 13.8 Å². The smallest absolute Gasteiger partial charge is 0.103 e. The first-order chi connectivity index (χ1) is 8.22. The van der Waals surface area contributed by atoms with Crippen LogP contribution in [0.5, 0.6) is 0 Å². The highest BCUT2D eigenvalue weighted by molar-refractivity contribution is 5.11. The minimum absolute atomic E-state index is 1.02. The lowest BCUT2D eigenvalue weighted by atomic mass is 10.2. The van der Waals surface area contributed by atoms with Gasteiger partial charge >= 0.3 is 0 Å². The van der Waals surface area contributed by atoms with E-state index in [4.69, 9.17) is 0 Å². The third kappa shape index (κ3) is 5.91. The highest BCUT2D eigenvalue weighted by atomic mass is 14.9. The van der Waals surface area contributed by atoms with Gasteiger partial charge in [-0.25, -0.2) is 4.98 Å². The molecule has 0 spiro atoms. The van der Waals surface area contributed by atoms with Crippen molar-refractivity contribution in [2.24, 2.45) is 0 Å². The Morgan fingerprint density at radius 1 is 1.12 bits per heavy atom. The standard InChI is InChI=1S/C8H14N2.C7H8/c1-3-4-5-8-6-9-7(2)10-8;1-7-5-3-2-4-6-7/h6H,3-5H2,1-2H3,(H,9,10);2-6H,1H3. The molecule has 0 aliphatic rings. The number of nitrogens with zero attached hydrogens (tertiary/aromatic N) is 1. The fourth-order valence-electron chi connectivity index (χ4n) is 1.50. The van der Waals surface area contributed by atoms with Gasteiger partial charge in [0.15, 0.2) is 0 Å². The topological polar surface area (TPSA) is 28.7 Å². The number of aromatic amines is 1. The first-order valence-corrected chi connectivity index (χ1v) is 6.24. The van der Waals surface area contributed by atoms with Gasteiger partial charge in [-0.15, -0.1) is 0 Å². The Morgan fingerprint density at radius 2 is 1.82 bits per heavy atom. The van der Waals surface area contributed by atoms with Crippen LogP contribution in [0.15, 0.2) is 36.5 Å². The zero-order valence-corrected chi connectivity index (χ0v) is 11.0. The summed E-state index contributed by atoms with van der Waals surface area (Å²) in [5.41, 5.74) is 2.59. The zero-order valence-electron chi connectivity index (χ0n) is 11.0. The molecule has 0 saturated heterocycles. The quantitative estimate of drug-likeness (QED) is 0.846. The Bertz CT molecular complexity index is 404. The summed E-state index contributed by atoms with van der Waals surface area (Å²) in [6, 6.07) is 10.3. The highest BCUT2D eigenvalue weighted by Gasteiger charge is 1.93. The normalized spacial score (nSPS) is 9.59. The van der Waals surface area contributed by atoms with E-state index in [2.05, 4.69) is 35.9 Å². The SMILES string of the molecule is CCCCc1cnc(C)[nH]1.Cc1ccccc1. The van der Waals surface area contributed by atoms with Gasteiger partial charge in [0, 0.05) is 11.9 Å². The molecule has 2 heteroatoms. The third-order valence-corrected chi connectivity index (χ3v) is 2.50. The second-order valence-corrected chi connectivity index (χ2v) is 4.25. The van der Waals surface area contributed by atoms with E-state index in [-0.39, 0.29) is 0 Å². The number of rotatable bonds is 3. The van der Waals surface area contributed by atoms with Crippen molar-refractivity contribution in [3.05, 3.63) is 53.6 Å². The lowest BCUT2D eigenvalue weighted by molar-refractivity contribution is 0.779. The molecule has 0 bridgehead atoms. The Kier molecular flexibility index (Phi) is 6.08. The molecule has 0 unspecified atom stereocenters. The highest BCUT2D eigenvalue weighted by Crippen LogP contribution is 2.01. The number of hydrogen-bond donors (Lipinski definition) is 1. The van der Waals surface area contributed by atoms with Crippen molar-refractivity contribution < 1.29 is 0 Å². The largest absolute Gasteiger partial charge is 0.346 e. The van der Waals surface area contributed by atoms with Gasteiger partial charge < -0.3 is 4.98 Å². The van der Waals surface area contributed by atoms with E-state index >= 15 is 0 Å². The van der Waals surface area contributed by atoms with E-state index in [9.17, 15) is 0 Å². The van der Waals surface area contributed by atoms with Crippen LogP contribution in [0.3, 0.4) is 0 Å². The van der Waals surface area contributed by atoms with Gasteiger partial charge in [-0.3, -0.25) is 0 Å². The number of imidazole rings is 1. The van der Waals surface area contributed by atoms with Crippen LogP contribution in [-0.2, 0) is 6.42 Å². The first kappa shape index (κ1) is 13.5. The van der Waals surface area contributed by atoms with Crippen LogP contribution < -0.4 is 0 Å². The summed E-state index contributed by atoms with van der Waals surface area (Å²) >= 11 is 0. The van der Waals surface area contributed by atoms with Crippen molar-refractivity contribution in [2.45, 2.75) is 40.0 Å².